The molecular formula is C12H21ClN4S. The van der Waals surface area contributed by atoms with Crippen molar-refractivity contribution < 1.29 is 0 Å². The van der Waals surface area contributed by atoms with Gasteiger partial charge in [0.25, 0.3) is 0 Å². The quantitative estimate of drug-likeness (QED) is 0.903. The van der Waals surface area contributed by atoms with Gasteiger partial charge in [0, 0.05) is 30.7 Å². The van der Waals surface area contributed by atoms with Gasteiger partial charge in [-0.05, 0) is 31.8 Å². The van der Waals surface area contributed by atoms with Crippen molar-refractivity contribution in [3.8, 4) is 0 Å². The molecule has 0 aliphatic carbocycles. The molecule has 1 aromatic heterocycles. The van der Waals surface area contributed by atoms with Gasteiger partial charge in [0.15, 0.2) is 0 Å². The lowest BCUT2D eigenvalue weighted by molar-refractivity contribution is 0.162. The fraction of sp³-hybridized carbons (Fsp3) is 0.833. The van der Waals surface area contributed by atoms with Gasteiger partial charge in [0.2, 0.25) is 0 Å². The average molecular weight is 289 g/mol. The number of hydrogen-bond donors (Lipinski definition) is 1. The van der Waals surface area contributed by atoms with Crippen molar-refractivity contribution in [2.24, 2.45) is 5.92 Å². The first-order valence-corrected chi connectivity index (χ1v) is 7.72. The highest BCUT2D eigenvalue weighted by molar-refractivity contribution is 7.10. The minimum atomic E-state index is 0.567. The minimum Gasteiger partial charge on any atom is -0.314 e. The molecule has 0 saturated carbocycles. The van der Waals surface area contributed by atoms with Crippen LogP contribution in [-0.2, 0) is 6.54 Å². The SMILES string of the molecule is CC(C)NCC1CCCN(Cc2nnsc2Cl)C1. The van der Waals surface area contributed by atoms with Crippen LogP contribution in [0.2, 0.25) is 4.34 Å². The molecule has 2 heterocycles. The van der Waals surface area contributed by atoms with Gasteiger partial charge in [0.05, 0.1) is 0 Å². The second-order valence-corrected chi connectivity index (χ2v) is 6.66. The Morgan fingerprint density at radius 2 is 2.39 bits per heavy atom. The predicted molar refractivity (Wildman–Crippen MR) is 76.1 cm³/mol. The molecule has 0 radical (unpaired) electrons. The third kappa shape index (κ3) is 4.16. The zero-order valence-corrected chi connectivity index (χ0v) is 12.6. The van der Waals surface area contributed by atoms with Gasteiger partial charge in [-0.25, -0.2) is 0 Å². The molecule has 1 aliphatic rings. The highest BCUT2D eigenvalue weighted by Crippen LogP contribution is 2.22. The number of rotatable bonds is 5. The van der Waals surface area contributed by atoms with E-state index in [1.54, 1.807) is 0 Å². The highest BCUT2D eigenvalue weighted by atomic mass is 35.5. The summed E-state index contributed by atoms with van der Waals surface area (Å²) in [7, 11) is 0. The number of piperidine rings is 1. The van der Waals surface area contributed by atoms with E-state index in [2.05, 4.69) is 33.7 Å². The maximum absolute atomic E-state index is 6.05. The molecule has 0 amide bonds. The van der Waals surface area contributed by atoms with E-state index in [9.17, 15) is 0 Å². The summed E-state index contributed by atoms with van der Waals surface area (Å²) in [6.45, 7) is 8.62. The molecule has 4 nitrogen and oxygen atoms in total. The molecule has 1 N–H and O–H groups in total. The van der Waals surface area contributed by atoms with Crippen LogP contribution in [0.1, 0.15) is 32.4 Å². The molecule has 1 fully saturated rings. The lowest BCUT2D eigenvalue weighted by atomic mass is 9.97. The van der Waals surface area contributed by atoms with Crippen LogP contribution in [0.3, 0.4) is 0 Å². The summed E-state index contributed by atoms with van der Waals surface area (Å²) in [5.41, 5.74) is 0.930. The van der Waals surface area contributed by atoms with E-state index in [4.69, 9.17) is 11.6 Å². The third-order valence-electron chi connectivity index (χ3n) is 3.30. The minimum absolute atomic E-state index is 0.567. The van der Waals surface area contributed by atoms with E-state index in [0.717, 1.165) is 42.1 Å². The van der Waals surface area contributed by atoms with E-state index in [1.807, 2.05) is 0 Å². The smallest absolute Gasteiger partial charge is 0.138 e. The zero-order chi connectivity index (χ0) is 13.0. The fourth-order valence-electron chi connectivity index (χ4n) is 2.37. The standard InChI is InChI=1S/C12H21ClN4S/c1-9(2)14-6-10-4-3-5-17(7-10)8-11-12(13)18-16-15-11/h9-10,14H,3-8H2,1-2H3. The lowest BCUT2D eigenvalue weighted by Gasteiger charge is -2.32. The fourth-order valence-corrected chi connectivity index (χ4v) is 2.98. The Hall–Kier alpha value is -0.230. The van der Waals surface area contributed by atoms with Crippen molar-refractivity contribution in [1.29, 1.82) is 0 Å². The predicted octanol–water partition coefficient (Wildman–Crippen LogP) is 2.40. The maximum atomic E-state index is 6.05. The van der Waals surface area contributed by atoms with Crippen LogP contribution in [0.25, 0.3) is 0 Å². The van der Waals surface area contributed by atoms with E-state index in [0.29, 0.717) is 6.04 Å². The van der Waals surface area contributed by atoms with Gasteiger partial charge in [0.1, 0.15) is 10.0 Å². The Kier molecular flexibility index (Phi) is 5.36. The molecular weight excluding hydrogens is 268 g/mol. The van der Waals surface area contributed by atoms with E-state index < -0.39 is 0 Å². The molecule has 1 aromatic rings. The summed E-state index contributed by atoms with van der Waals surface area (Å²) in [5, 5.41) is 7.62. The number of hydrogen-bond acceptors (Lipinski definition) is 5. The first-order chi connectivity index (χ1) is 8.65. The Bertz CT molecular complexity index is 369. The van der Waals surface area contributed by atoms with Gasteiger partial charge in [-0.15, -0.1) is 5.10 Å². The van der Waals surface area contributed by atoms with Crippen molar-refractivity contribution in [1.82, 2.24) is 19.8 Å². The summed E-state index contributed by atoms with van der Waals surface area (Å²) in [6, 6.07) is 0.567. The van der Waals surface area contributed by atoms with E-state index >= 15 is 0 Å². The second kappa shape index (κ2) is 6.80. The van der Waals surface area contributed by atoms with Gasteiger partial charge < -0.3 is 5.32 Å². The number of aromatic nitrogens is 2. The van der Waals surface area contributed by atoms with Crippen molar-refractivity contribution in [3.05, 3.63) is 10.0 Å². The van der Waals surface area contributed by atoms with E-state index in [-0.39, 0.29) is 0 Å². The normalized spacial score (nSPS) is 21.7. The number of likely N-dealkylation sites (tertiary alicyclic amines) is 1. The molecule has 1 aliphatic heterocycles. The summed E-state index contributed by atoms with van der Waals surface area (Å²) >= 11 is 7.33. The highest BCUT2D eigenvalue weighted by Gasteiger charge is 2.21. The molecule has 18 heavy (non-hydrogen) atoms. The number of nitrogens with zero attached hydrogens (tertiary/aromatic N) is 3. The van der Waals surface area contributed by atoms with Gasteiger partial charge >= 0.3 is 0 Å². The summed E-state index contributed by atoms with van der Waals surface area (Å²) in [5.74, 6) is 0.742. The first kappa shape index (κ1) is 14.2. The molecule has 0 aromatic carbocycles. The third-order valence-corrected chi connectivity index (χ3v) is 4.29. The van der Waals surface area contributed by atoms with Gasteiger partial charge in [-0.2, -0.15) is 0 Å². The largest absolute Gasteiger partial charge is 0.314 e. The van der Waals surface area contributed by atoms with Crippen LogP contribution < -0.4 is 5.32 Å². The molecule has 1 unspecified atom stereocenters. The number of nitrogens with one attached hydrogen (secondary N) is 1. The van der Waals surface area contributed by atoms with E-state index in [1.165, 1.54) is 24.4 Å². The van der Waals surface area contributed by atoms with Crippen LogP contribution in [-0.4, -0.2) is 40.2 Å². The number of halogens is 1. The summed E-state index contributed by atoms with van der Waals surface area (Å²) in [4.78, 5) is 2.44. The topological polar surface area (TPSA) is 41.0 Å². The van der Waals surface area contributed by atoms with Crippen LogP contribution in [0, 0.1) is 5.92 Å². The second-order valence-electron chi connectivity index (χ2n) is 5.30. The first-order valence-electron chi connectivity index (χ1n) is 6.57. The summed E-state index contributed by atoms with van der Waals surface area (Å²) < 4.78 is 4.62. The Balaban J connectivity index is 1.81. The lowest BCUT2D eigenvalue weighted by Crippen LogP contribution is -2.40. The van der Waals surface area contributed by atoms with Crippen molar-refractivity contribution in [3.63, 3.8) is 0 Å². The maximum Gasteiger partial charge on any atom is 0.138 e. The monoisotopic (exact) mass is 288 g/mol. The Labute approximate surface area is 118 Å². The Morgan fingerprint density at radius 1 is 1.56 bits per heavy atom. The molecule has 0 bridgehead atoms. The van der Waals surface area contributed by atoms with Crippen LogP contribution in [0.15, 0.2) is 0 Å². The molecule has 102 valence electrons. The van der Waals surface area contributed by atoms with Gasteiger partial charge in [-0.3, -0.25) is 4.90 Å². The molecule has 1 saturated heterocycles. The molecule has 0 spiro atoms. The van der Waals surface area contributed by atoms with Crippen LogP contribution in [0.5, 0.6) is 0 Å². The van der Waals surface area contributed by atoms with Crippen molar-refractivity contribution >= 4 is 23.1 Å². The van der Waals surface area contributed by atoms with Crippen molar-refractivity contribution in [2.75, 3.05) is 19.6 Å². The molecule has 2 rings (SSSR count). The van der Waals surface area contributed by atoms with Crippen LogP contribution in [0.4, 0.5) is 0 Å². The molecule has 1 atom stereocenters. The average Bonchev–Trinajstić information content (AvgIpc) is 2.73. The zero-order valence-electron chi connectivity index (χ0n) is 11.0. The summed E-state index contributed by atoms with van der Waals surface area (Å²) in [6.07, 6.45) is 2.58. The Morgan fingerprint density at radius 3 is 3.06 bits per heavy atom. The van der Waals surface area contributed by atoms with Crippen LogP contribution >= 0.6 is 23.1 Å². The van der Waals surface area contributed by atoms with Gasteiger partial charge in [-0.1, -0.05) is 29.9 Å². The van der Waals surface area contributed by atoms with Crippen molar-refractivity contribution in [2.45, 2.75) is 39.3 Å². The molecule has 6 heteroatoms.